The minimum atomic E-state index is -0.425. The fourth-order valence-corrected chi connectivity index (χ4v) is 1.67. The monoisotopic (exact) mass is 263 g/mol. The summed E-state index contributed by atoms with van der Waals surface area (Å²) in [6.45, 7) is 2.12. The van der Waals surface area contributed by atoms with Gasteiger partial charge in [0.2, 0.25) is 5.91 Å². The van der Waals surface area contributed by atoms with Gasteiger partial charge in [0.15, 0.2) is 0 Å². The fourth-order valence-electron chi connectivity index (χ4n) is 1.67. The Morgan fingerprint density at radius 2 is 1.88 bits per heavy atom. The normalized spacial score (nSPS) is 13.9. The molecular weight excluding hydrogens is 249 g/mol. The molecule has 0 atom stereocenters. The van der Waals surface area contributed by atoms with E-state index in [-0.39, 0.29) is 24.8 Å². The van der Waals surface area contributed by atoms with Gasteiger partial charge in [-0.1, -0.05) is 0 Å². The molecule has 1 saturated heterocycles. The third-order valence-corrected chi connectivity index (χ3v) is 2.46. The van der Waals surface area contributed by atoms with Crippen molar-refractivity contribution < 1.29 is 4.79 Å². The van der Waals surface area contributed by atoms with Crippen LogP contribution in [0.1, 0.15) is 23.2 Å². The maximum atomic E-state index is 10.8. The molecule has 1 fully saturated rings. The maximum absolute atomic E-state index is 10.8. The summed E-state index contributed by atoms with van der Waals surface area (Å²) in [6.07, 6.45) is 3.98. The van der Waals surface area contributed by atoms with Crippen LogP contribution >= 0.6 is 24.8 Å². The van der Waals surface area contributed by atoms with Gasteiger partial charge in [-0.2, -0.15) is 0 Å². The van der Waals surface area contributed by atoms with Crippen molar-refractivity contribution in [3.05, 3.63) is 23.9 Å². The summed E-state index contributed by atoms with van der Waals surface area (Å²) in [6, 6.07) is 3.58. The van der Waals surface area contributed by atoms with Crippen molar-refractivity contribution in [1.82, 2.24) is 4.98 Å². The summed E-state index contributed by atoms with van der Waals surface area (Å²) in [7, 11) is 0. The molecule has 0 saturated carbocycles. The molecule has 0 bridgehead atoms. The number of nitrogens with two attached hydrogens (primary N) is 1. The van der Waals surface area contributed by atoms with Gasteiger partial charge in [0.25, 0.3) is 0 Å². The number of pyridine rings is 1. The number of carbonyl (C=O) groups excluding carboxylic acids is 1. The molecule has 2 heterocycles. The molecule has 16 heavy (non-hydrogen) atoms. The fraction of sp³-hybridized carbons (Fsp3) is 0.400. The molecule has 90 valence electrons. The zero-order valence-electron chi connectivity index (χ0n) is 8.76. The lowest BCUT2D eigenvalue weighted by Gasteiger charge is -2.15. The number of halogens is 2. The molecule has 4 nitrogen and oxygen atoms in total. The van der Waals surface area contributed by atoms with Crippen LogP contribution in [0.5, 0.6) is 0 Å². The predicted octanol–water partition coefficient (Wildman–Crippen LogP) is 1.62. The topological polar surface area (TPSA) is 59.2 Å². The number of primary amides is 1. The summed E-state index contributed by atoms with van der Waals surface area (Å²) < 4.78 is 0. The van der Waals surface area contributed by atoms with Gasteiger partial charge in [0, 0.05) is 19.3 Å². The smallest absolute Gasteiger partial charge is 0.250 e. The Bertz CT molecular complexity index is 336. The Morgan fingerprint density at radius 1 is 1.25 bits per heavy atom. The predicted molar refractivity (Wildman–Crippen MR) is 68.7 cm³/mol. The van der Waals surface area contributed by atoms with Crippen molar-refractivity contribution in [2.24, 2.45) is 5.73 Å². The van der Waals surface area contributed by atoms with Gasteiger partial charge in [0.05, 0.1) is 5.56 Å². The highest BCUT2D eigenvalue weighted by atomic mass is 35.5. The highest BCUT2D eigenvalue weighted by Gasteiger charge is 2.13. The van der Waals surface area contributed by atoms with Crippen LogP contribution in [0.3, 0.4) is 0 Å². The second kappa shape index (κ2) is 6.55. The molecule has 0 unspecified atom stereocenters. The Balaban J connectivity index is 0.00000112. The molecule has 0 spiro atoms. The number of aromatic nitrogens is 1. The molecule has 1 aliphatic heterocycles. The molecule has 0 aromatic carbocycles. The summed E-state index contributed by atoms with van der Waals surface area (Å²) in [4.78, 5) is 17.2. The number of rotatable bonds is 2. The summed E-state index contributed by atoms with van der Waals surface area (Å²) >= 11 is 0. The number of hydrogen-bond donors (Lipinski definition) is 1. The number of anilines is 1. The molecule has 1 aromatic heterocycles. The number of hydrogen-bond acceptors (Lipinski definition) is 3. The van der Waals surface area contributed by atoms with Gasteiger partial charge < -0.3 is 10.6 Å². The lowest BCUT2D eigenvalue weighted by molar-refractivity contribution is 0.1000. The van der Waals surface area contributed by atoms with E-state index >= 15 is 0 Å². The molecule has 1 amide bonds. The first-order valence-electron chi connectivity index (χ1n) is 4.78. The van der Waals surface area contributed by atoms with Crippen molar-refractivity contribution in [2.45, 2.75) is 12.8 Å². The number of amides is 1. The minimum absolute atomic E-state index is 0. The minimum Gasteiger partial charge on any atom is -0.366 e. The Morgan fingerprint density at radius 3 is 2.31 bits per heavy atom. The van der Waals surface area contributed by atoms with Crippen molar-refractivity contribution >= 4 is 36.5 Å². The number of nitrogens with zero attached hydrogens (tertiary/aromatic N) is 2. The third-order valence-electron chi connectivity index (χ3n) is 2.46. The van der Waals surface area contributed by atoms with Crippen LogP contribution in [0, 0.1) is 0 Å². The van der Waals surface area contributed by atoms with E-state index < -0.39 is 5.91 Å². The highest BCUT2D eigenvalue weighted by Crippen LogP contribution is 2.17. The van der Waals surface area contributed by atoms with Crippen LogP contribution in [0.15, 0.2) is 18.3 Å². The quantitative estimate of drug-likeness (QED) is 0.883. The average molecular weight is 264 g/mol. The Labute approximate surface area is 107 Å². The second-order valence-electron chi connectivity index (χ2n) is 3.46. The molecule has 2 rings (SSSR count). The first-order chi connectivity index (χ1) is 6.77. The van der Waals surface area contributed by atoms with Crippen molar-refractivity contribution in [1.29, 1.82) is 0 Å². The van der Waals surface area contributed by atoms with E-state index in [4.69, 9.17) is 5.73 Å². The van der Waals surface area contributed by atoms with Gasteiger partial charge >= 0.3 is 0 Å². The molecule has 1 aliphatic rings. The van der Waals surface area contributed by atoms with Crippen LogP contribution in [-0.2, 0) is 0 Å². The molecule has 6 heteroatoms. The van der Waals surface area contributed by atoms with Crippen LogP contribution in [0.4, 0.5) is 5.82 Å². The van der Waals surface area contributed by atoms with Crippen molar-refractivity contribution in [3.8, 4) is 0 Å². The standard InChI is InChI=1S/C10H13N3O.2ClH/c11-10(14)8-3-4-9(12-7-8)13-5-1-2-6-13;;/h3-4,7H,1-2,5-6H2,(H2,11,14);2*1H. The first-order valence-corrected chi connectivity index (χ1v) is 4.78. The molecule has 0 aliphatic carbocycles. The first kappa shape index (κ1) is 15.0. The van der Waals surface area contributed by atoms with E-state index in [9.17, 15) is 4.79 Å². The van der Waals surface area contributed by atoms with Crippen LogP contribution < -0.4 is 10.6 Å². The SMILES string of the molecule is Cl.Cl.NC(=O)c1ccc(N2CCCC2)nc1. The lowest BCUT2D eigenvalue weighted by Crippen LogP contribution is -2.19. The van der Waals surface area contributed by atoms with E-state index in [2.05, 4.69) is 9.88 Å². The third kappa shape index (κ3) is 3.25. The van der Waals surface area contributed by atoms with Gasteiger partial charge in [-0.25, -0.2) is 4.98 Å². The second-order valence-corrected chi connectivity index (χ2v) is 3.46. The van der Waals surface area contributed by atoms with Gasteiger partial charge in [-0.15, -0.1) is 24.8 Å². The maximum Gasteiger partial charge on any atom is 0.250 e. The summed E-state index contributed by atoms with van der Waals surface area (Å²) in [5.41, 5.74) is 5.59. The van der Waals surface area contributed by atoms with Crippen LogP contribution in [0.25, 0.3) is 0 Å². The van der Waals surface area contributed by atoms with Gasteiger partial charge in [0.1, 0.15) is 5.82 Å². The zero-order chi connectivity index (χ0) is 9.97. The van der Waals surface area contributed by atoms with E-state index in [1.54, 1.807) is 6.07 Å². The molecular formula is C10H15Cl2N3O. The van der Waals surface area contributed by atoms with Gasteiger partial charge in [-0.05, 0) is 25.0 Å². The highest BCUT2D eigenvalue weighted by molar-refractivity contribution is 5.92. The lowest BCUT2D eigenvalue weighted by atomic mass is 10.2. The zero-order valence-corrected chi connectivity index (χ0v) is 10.4. The largest absolute Gasteiger partial charge is 0.366 e. The van der Waals surface area contributed by atoms with E-state index in [1.807, 2.05) is 6.07 Å². The Hall–Kier alpha value is -1.00. The van der Waals surface area contributed by atoms with E-state index in [0.717, 1.165) is 18.9 Å². The van der Waals surface area contributed by atoms with Crippen molar-refractivity contribution in [2.75, 3.05) is 18.0 Å². The number of carbonyl (C=O) groups is 1. The van der Waals surface area contributed by atoms with E-state index in [1.165, 1.54) is 19.0 Å². The molecule has 0 radical (unpaired) electrons. The molecule has 2 N–H and O–H groups in total. The van der Waals surface area contributed by atoms with Gasteiger partial charge in [-0.3, -0.25) is 4.79 Å². The average Bonchev–Trinajstić information content (AvgIpc) is 2.71. The van der Waals surface area contributed by atoms with E-state index in [0.29, 0.717) is 5.56 Å². The van der Waals surface area contributed by atoms with Crippen LogP contribution in [-0.4, -0.2) is 24.0 Å². The Kier molecular flexibility index (Phi) is 6.14. The van der Waals surface area contributed by atoms with Crippen molar-refractivity contribution in [3.63, 3.8) is 0 Å². The summed E-state index contributed by atoms with van der Waals surface area (Å²) in [5, 5.41) is 0. The van der Waals surface area contributed by atoms with Crippen LogP contribution in [0.2, 0.25) is 0 Å². The molecule has 1 aromatic rings. The summed E-state index contributed by atoms with van der Waals surface area (Å²) in [5.74, 6) is 0.512.